The third kappa shape index (κ3) is 4.85. The van der Waals surface area contributed by atoms with Gasteiger partial charge in [0.1, 0.15) is 0 Å². The molecular formula is C18H27NO2. The first kappa shape index (κ1) is 16.0. The maximum absolute atomic E-state index is 12.3. The maximum atomic E-state index is 12.3. The summed E-state index contributed by atoms with van der Waals surface area (Å²) in [5.74, 6) is 0.592. The van der Waals surface area contributed by atoms with Crippen LogP contribution < -0.4 is 5.32 Å². The Kier molecular flexibility index (Phi) is 5.80. The first-order chi connectivity index (χ1) is 10.1. The van der Waals surface area contributed by atoms with Crippen LogP contribution in [0.15, 0.2) is 24.3 Å². The number of hydrogen-bond donors (Lipinski definition) is 2. The molecule has 1 fully saturated rings. The summed E-state index contributed by atoms with van der Waals surface area (Å²) < 4.78 is 0. The third-order valence-electron chi connectivity index (χ3n) is 4.56. The first-order valence-corrected chi connectivity index (χ1v) is 8.05. The van der Waals surface area contributed by atoms with Crippen molar-refractivity contribution in [3.05, 3.63) is 35.4 Å². The van der Waals surface area contributed by atoms with Gasteiger partial charge >= 0.3 is 0 Å². The van der Waals surface area contributed by atoms with Crippen molar-refractivity contribution >= 4 is 5.91 Å². The molecule has 1 amide bonds. The highest BCUT2D eigenvalue weighted by atomic mass is 16.3. The highest BCUT2D eigenvalue weighted by Gasteiger charge is 2.23. The molecule has 1 atom stereocenters. The van der Waals surface area contributed by atoms with E-state index in [0.29, 0.717) is 12.0 Å². The lowest BCUT2D eigenvalue weighted by Gasteiger charge is -2.28. The maximum Gasteiger partial charge on any atom is 0.223 e. The van der Waals surface area contributed by atoms with E-state index in [1.54, 1.807) is 0 Å². The second-order valence-electron chi connectivity index (χ2n) is 6.50. The molecule has 2 N–H and O–H groups in total. The van der Waals surface area contributed by atoms with Gasteiger partial charge in [0.05, 0.1) is 0 Å². The Balaban J connectivity index is 1.78. The predicted molar refractivity (Wildman–Crippen MR) is 85.0 cm³/mol. The Bertz CT molecular complexity index is 447. The molecule has 0 saturated heterocycles. The molecule has 1 aliphatic carbocycles. The molecule has 1 unspecified atom stereocenters. The van der Waals surface area contributed by atoms with Crippen molar-refractivity contribution in [1.29, 1.82) is 0 Å². The number of aliphatic hydroxyl groups is 1. The highest BCUT2D eigenvalue weighted by Crippen LogP contribution is 2.24. The molecule has 0 aliphatic heterocycles. The fraction of sp³-hybridized carbons (Fsp3) is 0.611. The van der Waals surface area contributed by atoms with Gasteiger partial charge in [-0.15, -0.1) is 0 Å². The normalized spacial score (nSPS) is 23.6. The summed E-state index contributed by atoms with van der Waals surface area (Å²) in [6.45, 7) is 4.35. The predicted octanol–water partition coefficient (Wildman–Crippen LogP) is 2.84. The lowest BCUT2D eigenvalue weighted by molar-refractivity contribution is -0.125. The van der Waals surface area contributed by atoms with Crippen LogP contribution in [-0.2, 0) is 11.2 Å². The van der Waals surface area contributed by atoms with Gasteiger partial charge in [0.15, 0.2) is 0 Å². The van der Waals surface area contributed by atoms with Gasteiger partial charge < -0.3 is 10.4 Å². The SMILES string of the molecule is Cc1ccc(CC(C)C(=O)NC2CCC(CO)CC2)cc1. The first-order valence-electron chi connectivity index (χ1n) is 8.05. The molecule has 0 radical (unpaired) electrons. The number of hydrogen-bond acceptors (Lipinski definition) is 2. The van der Waals surface area contributed by atoms with Crippen molar-refractivity contribution in [3.8, 4) is 0 Å². The standard InChI is InChI=1S/C18H27NO2/c1-13-3-5-15(6-4-13)11-14(2)18(21)19-17-9-7-16(12-20)8-10-17/h3-6,14,16-17,20H,7-12H2,1-2H3,(H,19,21). The van der Waals surface area contributed by atoms with Crippen molar-refractivity contribution in [2.75, 3.05) is 6.61 Å². The Labute approximate surface area is 127 Å². The second kappa shape index (κ2) is 7.60. The summed E-state index contributed by atoms with van der Waals surface area (Å²) in [5.41, 5.74) is 2.46. The van der Waals surface area contributed by atoms with Crippen LogP contribution in [0.25, 0.3) is 0 Å². The number of nitrogens with one attached hydrogen (secondary N) is 1. The van der Waals surface area contributed by atoms with Crippen molar-refractivity contribution in [2.24, 2.45) is 11.8 Å². The van der Waals surface area contributed by atoms with E-state index in [4.69, 9.17) is 5.11 Å². The number of amides is 1. The van der Waals surface area contributed by atoms with E-state index in [-0.39, 0.29) is 18.4 Å². The summed E-state index contributed by atoms with van der Waals surface area (Å²) in [7, 11) is 0. The summed E-state index contributed by atoms with van der Waals surface area (Å²) in [6.07, 6.45) is 4.82. The molecular weight excluding hydrogens is 262 g/mol. The molecule has 1 aliphatic rings. The number of rotatable bonds is 5. The zero-order valence-corrected chi connectivity index (χ0v) is 13.1. The van der Waals surface area contributed by atoms with Crippen LogP contribution in [0.4, 0.5) is 0 Å². The van der Waals surface area contributed by atoms with E-state index >= 15 is 0 Å². The molecule has 3 heteroatoms. The van der Waals surface area contributed by atoms with E-state index in [2.05, 4.69) is 36.5 Å². The van der Waals surface area contributed by atoms with Crippen molar-refractivity contribution in [3.63, 3.8) is 0 Å². The third-order valence-corrected chi connectivity index (χ3v) is 4.56. The average molecular weight is 289 g/mol. The summed E-state index contributed by atoms with van der Waals surface area (Å²) in [6, 6.07) is 8.68. The molecule has 0 aromatic heterocycles. The molecule has 21 heavy (non-hydrogen) atoms. The molecule has 0 heterocycles. The van der Waals surface area contributed by atoms with Gasteiger partial charge in [0, 0.05) is 18.6 Å². The zero-order chi connectivity index (χ0) is 15.2. The van der Waals surface area contributed by atoms with Crippen LogP contribution in [0.5, 0.6) is 0 Å². The van der Waals surface area contributed by atoms with Gasteiger partial charge in [-0.2, -0.15) is 0 Å². The average Bonchev–Trinajstić information content (AvgIpc) is 2.50. The van der Waals surface area contributed by atoms with Gasteiger partial charge in [0.25, 0.3) is 0 Å². The van der Waals surface area contributed by atoms with Crippen molar-refractivity contribution < 1.29 is 9.90 Å². The lowest BCUT2D eigenvalue weighted by atomic mass is 9.86. The van der Waals surface area contributed by atoms with Gasteiger partial charge in [-0.25, -0.2) is 0 Å². The van der Waals surface area contributed by atoms with Crippen LogP contribution >= 0.6 is 0 Å². The van der Waals surface area contributed by atoms with Crippen LogP contribution in [0, 0.1) is 18.8 Å². The minimum atomic E-state index is 0.00303. The van der Waals surface area contributed by atoms with Crippen LogP contribution in [-0.4, -0.2) is 23.7 Å². The molecule has 1 aromatic rings. The van der Waals surface area contributed by atoms with E-state index in [0.717, 1.165) is 32.1 Å². The summed E-state index contributed by atoms with van der Waals surface area (Å²) >= 11 is 0. The van der Waals surface area contributed by atoms with Crippen molar-refractivity contribution in [2.45, 2.75) is 52.0 Å². The van der Waals surface area contributed by atoms with Crippen molar-refractivity contribution in [1.82, 2.24) is 5.32 Å². The largest absolute Gasteiger partial charge is 0.396 e. The topological polar surface area (TPSA) is 49.3 Å². The molecule has 2 rings (SSSR count). The number of carbonyl (C=O) groups excluding carboxylic acids is 1. The minimum Gasteiger partial charge on any atom is -0.396 e. The van der Waals surface area contributed by atoms with Gasteiger partial charge in [-0.1, -0.05) is 36.8 Å². The van der Waals surface area contributed by atoms with E-state index in [1.165, 1.54) is 11.1 Å². The molecule has 1 aromatic carbocycles. The van der Waals surface area contributed by atoms with E-state index < -0.39 is 0 Å². The molecule has 116 valence electrons. The fourth-order valence-electron chi connectivity index (χ4n) is 3.00. The number of aliphatic hydroxyl groups excluding tert-OH is 1. The molecule has 0 spiro atoms. The lowest BCUT2D eigenvalue weighted by Crippen LogP contribution is -2.41. The van der Waals surface area contributed by atoms with E-state index in [1.807, 2.05) is 6.92 Å². The highest BCUT2D eigenvalue weighted by molar-refractivity contribution is 5.78. The van der Waals surface area contributed by atoms with Gasteiger partial charge in [-0.05, 0) is 50.5 Å². The Morgan fingerprint density at radius 3 is 2.43 bits per heavy atom. The number of carbonyl (C=O) groups is 1. The summed E-state index contributed by atoms with van der Waals surface area (Å²) in [5, 5.41) is 12.3. The monoisotopic (exact) mass is 289 g/mol. The fourth-order valence-corrected chi connectivity index (χ4v) is 3.00. The number of aryl methyl sites for hydroxylation is 1. The van der Waals surface area contributed by atoms with E-state index in [9.17, 15) is 4.79 Å². The Morgan fingerprint density at radius 1 is 1.24 bits per heavy atom. The Hall–Kier alpha value is -1.35. The van der Waals surface area contributed by atoms with Crippen LogP contribution in [0.1, 0.15) is 43.7 Å². The van der Waals surface area contributed by atoms with Gasteiger partial charge in [-0.3, -0.25) is 4.79 Å². The van der Waals surface area contributed by atoms with Crippen LogP contribution in [0.3, 0.4) is 0 Å². The van der Waals surface area contributed by atoms with Crippen LogP contribution in [0.2, 0.25) is 0 Å². The van der Waals surface area contributed by atoms with Gasteiger partial charge in [0.2, 0.25) is 5.91 Å². The molecule has 0 bridgehead atoms. The quantitative estimate of drug-likeness (QED) is 0.875. The zero-order valence-electron chi connectivity index (χ0n) is 13.1. The summed E-state index contributed by atoms with van der Waals surface area (Å²) in [4.78, 5) is 12.3. The Morgan fingerprint density at radius 2 is 1.86 bits per heavy atom. The minimum absolute atomic E-state index is 0.00303. The molecule has 1 saturated carbocycles. The number of benzene rings is 1. The smallest absolute Gasteiger partial charge is 0.223 e. The second-order valence-corrected chi connectivity index (χ2v) is 6.50. The molecule has 3 nitrogen and oxygen atoms in total.